The number of rotatable bonds is 5. The molecule has 8 heteroatoms. The number of carbonyl (C=O) groups excluding carboxylic acids is 1. The average Bonchev–Trinajstić information content (AvgIpc) is 3.07. The van der Waals surface area contributed by atoms with Gasteiger partial charge in [-0.15, -0.1) is 0 Å². The molecule has 2 heterocycles. The van der Waals surface area contributed by atoms with Crippen LogP contribution in [-0.2, 0) is 6.54 Å². The van der Waals surface area contributed by atoms with Crippen LogP contribution in [0.1, 0.15) is 62.0 Å². The molecule has 2 atom stereocenters. The summed E-state index contributed by atoms with van der Waals surface area (Å²) in [6.45, 7) is 6.58. The summed E-state index contributed by atoms with van der Waals surface area (Å²) in [5.74, 6) is -0.0240. The zero-order valence-corrected chi connectivity index (χ0v) is 16.0. The maximum atomic E-state index is 13.1. The fourth-order valence-corrected chi connectivity index (χ4v) is 3.82. The van der Waals surface area contributed by atoms with Crippen LogP contribution in [0.5, 0.6) is 0 Å². The minimum absolute atomic E-state index is 0.00405. The van der Waals surface area contributed by atoms with Gasteiger partial charge in [-0.25, -0.2) is 9.78 Å². The molecule has 146 valence electrons. The minimum atomic E-state index is -0.588. The van der Waals surface area contributed by atoms with E-state index in [1.54, 1.807) is 13.0 Å². The van der Waals surface area contributed by atoms with Crippen LogP contribution in [0.25, 0.3) is 11.0 Å². The monoisotopic (exact) mass is 373 g/mol. The van der Waals surface area contributed by atoms with Crippen molar-refractivity contribution >= 4 is 16.9 Å². The van der Waals surface area contributed by atoms with Crippen molar-refractivity contribution in [3.05, 3.63) is 38.2 Å². The number of aryl methyl sites for hydroxylation is 1. The number of carbonyl (C=O) groups is 1. The van der Waals surface area contributed by atoms with Crippen LogP contribution in [-0.4, -0.2) is 33.0 Å². The van der Waals surface area contributed by atoms with Crippen molar-refractivity contribution in [2.45, 2.75) is 58.5 Å². The molecule has 1 saturated carbocycles. The van der Waals surface area contributed by atoms with E-state index in [4.69, 9.17) is 5.73 Å². The van der Waals surface area contributed by atoms with Gasteiger partial charge in [0.2, 0.25) is 0 Å². The standard InChI is InChI=1S/C19H27N5O3/c1-4-24-16-15(18(26)23-19(24)27)12(8-14(21-16)10(2)3)17(25)22-13-7-5-6-11(13)9-20/h8,10-11,13H,4-7,9,20H2,1-3H3,(H,22,25)(H,23,26,27). The summed E-state index contributed by atoms with van der Waals surface area (Å²) in [6.07, 6.45) is 2.90. The van der Waals surface area contributed by atoms with Gasteiger partial charge in [-0.05, 0) is 44.2 Å². The molecular formula is C19H27N5O3. The Hall–Kier alpha value is -2.48. The van der Waals surface area contributed by atoms with E-state index in [1.807, 2.05) is 13.8 Å². The molecule has 0 bridgehead atoms. The summed E-state index contributed by atoms with van der Waals surface area (Å²) in [7, 11) is 0. The summed E-state index contributed by atoms with van der Waals surface area (Å²) in [6, 6.07) is 1.67. The van der Waals surface area contributed by atoms with E-state index >= 15 is 0 Å². The third-order valence-electron chi connectivity index (χ3n) is 5.40. The molecular weight excluding hydrogens is 346 g/mol. The van der Waals surface area contributed by atoms with Gasteiger partial charge >= 0.3 is 5.69 Å². The van der Waals surface area contributed by atoms with Crippen molar-refractivity contribution in [2.75, 3.05) is 6.54 Å². The average molecular weight is 373 g/mol. The molecule has 0 spiro atoms. The summed E-state index contributed by atoms with van der Waals surface area (Å²) >= 11 is 0. The van der Waals surface area contributed by atoms with Crippen LogP contribution < -0.4 is 22.3 Å². The Morgan fingerprint density at radius 2 is 2.15 bits per heavy atom. The van der Waals surface area contributed by atoms with E-state index in [1.165, 1.54) is 4.57 Å². The summed E-state index contributed by atoms with van der Waals surface area (Å²) < 4.78 is 1.39. The smallest absolute Gasteiger partial charge is 0.329 e. The van der Waals surface area contributed by atoms with Crippen molar-refractivity contribution in [1.29, 1.82) is 0 Å². The Bertz CT molecular complexity index is 976. The van der Waals surface area contributed by atoms with Crippen molar-refractivity contribution in [3.8, 4) is 0 Å². The Kier molecular flexibility index (Phi) is 5.46. The number of pyridine rings is 1. The molecule has 4 N–H and O–H groups in total. The highest BCUT2D eigenvalue weighted by atomic mass is 16.2. The number of hydrogen-bond acceptors (Lipinski definition) is 5. The molecule has 0 aromatic carbocycles. The number of aromatic nitrogens is 3. The number of aromatic amines is 1. The second kappa shape index (κ2) is 7.64. The van der Waals surface area contributed by atoms with Crippen LogP contribution in [0.2, 0.25) is 0 Å². The highest BCUT2D eigenvalue weighted by molar-refractivity contribution is 6.05. The molecule has 27 heavy (non-hydrogen) atoms. The molecule has 2 aromatic heterocycles. The zero-order valence-electron chi connectivity index (χ0n) is 16.0. The van der Waals surface area contributed by atoms with E-state index in [0.717, 1.165) is 19.3 Å². The SMILES string of the molecule is CCn1c(=O)[nH]c(=O)c2c(C(=O)NC3CCCC3CN)cc(C(C)C)nc21. The van der Waals surface area contributed by atoms with E-state index in [2.05, 4.69) is 15.3 Å². The van der Waals surface area contributed by atoms with Gasteiger partial charge in [0.05, 0.1) is 10.9 Å². The first-order valence-corrected chi connectivity index (χ1v) is 9.56. The predicted octanol–water partition coefficient (Wildman–Crippen LogP) is 1.09. The summed E-state index contributed by atoms with van der Waals surface area (Å²) in [5, 5.41) is 3.20. The number of hydrogen-bond donors (Lipinski definition) is 3. The van der Waals surface area contributed by atoms with Crippen LogP contribution in [0, 0.1) is 5.92 Å². The van der Waals surface area contributed by atoms with Crippen molar-refractivity contribution in [3.63, 3.8) is 0 Å². The number of nitrogens with two attached hydrogens (primary N) is 1. The largest absolute Gasteiger partial charge is 0.349 e. The van der Waals surface area contributed by atoms with E-state index in [-0.39, 0.29) is 40.4 Å². The number of nitrogens with one attached hydrogen (secondary N) is 2. The molecule has 1 fully saturated rings. The molecule has 0 aliphatic heterocycles. The van der Waals surface area contributed by atoms with Gasteiger partial charge < -0.3 is 11.1 Å². The van der Waals surface area contributed by atoms with Gasteiger partial charge in [-0.2, -0.15) is 0 Å². The lowest BCUT2D eigenvalue weighted by Gasteiger charge is -2.20. The molecule has 1 amide bonds. The highest BCUT2D eigenvalue weighted by Crippen LogP contribution is 2.26. The molecule has 1 aliphatic carbocycles. The zero-order chi connectivity index (χ0) is 19.7. The van der Waals surface area contributed by atoms with Crippen molar-refractivity contribution in [1.82, 2.24) is 19.9 Å². The second-order valence-corrected chi connectivity index (χ2v) is 7.46. The lowest BCUT2D eigenvalue weighted by molar-refractivity contribution is 0.0930. The van der Waals surface area contributed by atoms with Crippen molar-refractivity contribution < 1.29 is 4.79 Å². The van der Waals surface area contributed by atoms with Gasteiger partial charge in [0.1, 0.15) is 0 Å². The first-order valence-electron chi connectivity index (χ1n) is 9.56. The maximum Gasteiger partial charge on any atom is 0.329 e. The first kappa shape index (κ1) is 19.3. The topological polar surface area (TPSA) is 123 Å². The Morgan fingerprint density at radius 1 is 1.41 bits per heavy atom. The number of nitrogens with zero attached hydrogens (tertiary/aromatic N) is 2. The Balaban J connectivity index is 2.17. The van der Waals surface area contributed by atoms with E-state index in [9.17, 15) is 14.4 Å². The summed E-state index contributed by atoms with van der Waals surface area (Å²) in [4.78, 5) is 44.6. The fourth-order valence-electron chi connectivity index (χ4n) is 3.82. The van der Waals surface area contributed by atoms with E-state index < -0.39 is 11.2 Å². The van der Waals surface area contributed by atoms with Gasteiger partial charge in [-0.3, -0.25) is 19.1 Å². The van der Waals surface area contributed by atoms with Gasteiger partial charge in [0.25, 0.3) is 11.5 Å². The Morgan fingerprint density at radius 3 is 2.78 bits per heavy atom. The molecule has 3 rings (SSSR count). The molecule has 2 aromatic rings. The van der Waals surface area contributed by atoms with Crippen LogP contribution in [0.3, 0.4) is 0 Å². The Labute approximate surface area is 157 Å². The third kappa shape index (κ3) is 3.53. The van der Waals surface area contributed by atoms with Crippen molar-refractivity contribution in [2.24, 2.45) is 11.7 Å². The number of H-pyrrole nitrogens is 1. The van der Waals surface area contributed by atoms with E-state index in [0.29, 0.717) is 18.8 Å². The third-order valence-corrected chi connectivity index (χ3v) is 5.40. The number of fused-ring (bicyclic) bond motifs is 1. The van der Waals surface area contributed by atoms with Crippen LogP contribution in [0.4, 0.5) is 0 Å². The fraction of sp³-hybridized carbons (Fsp3) is 0.579. The molecule has 0 radical (unpaired) electrons. The molecule has 1 aliphatic rings. The minimum Gasteiger partial charge on any atom is -0.349 e. The van der Waals surface area contributed by atoms with Gasteiger partial charge in [0.15, 0.2) is 5.65 Å². The van der Waals surface area contributed by atoms with Gasteiger partial charge in [-0.1, -0.05) is 20.3 Å². The lowest BCUT2D eigenvalue weighted by Crippen LogP contribution is -2.40. The predicted molar refractivity (Wildman–Crippen MR) is 104 cm³/mol. The maximum absolute atomic E-state index is 13.1. The quantitative estimate of drug-likeness (QED) is 0.724. The highest BCUT2D eigenvalue weighted by Gasteiger charge is 2.29. The number of amides is 1. The lowest BCUT2D eigenvalue weighted by atomic mass is 10.0. The summed E-state index contributed by atoms with van der Waals surface area (Å²) in [5.41, 5.74) is 5.89. The first-order chi connectivity index (χ1) is 12.9. The van der Waals surface area contributed by atoms with Crippen LogP contribution >= 0.6 is 0 Å². The van der Waals surface area contributed by atoms with Gasteiger partial charge in [0, 0.05) is 18.3 Å². The molecule has 0 saturated heterocycles. The molecule has 2 unspecified atom stereocenters. The molecule has 8 nitrogen and oxygen atoms in total. The normalized spacial score (nSPS) is 19.7. The second-order valence-electron chi connectivity index (χ2n) is 7.46. The van der Waals surface area contributed by atoms with Crippen LogP contribution in [0.15, 0.2) is 15.7 Å².